The molecule has 0 rings (SSSR count). The van der Waals surface area contributed by atoms with Gasteiger partial charge in [0.15, 0.2) is 6.61 Å². The Balaban J connectivity index is 3.46. The lowest BCUT2D eigenvalue weighted by molar-refractivity contribution is -0.153. The van der Waals surface area contributed by atoms with Gasteiger partial charge in [0.1, 0.15) is 0 Å². The first-order valence-electron chi connectivity index (χ1n) is 2.99. The van der Waals surface area contributed by atoms with Gasteiger partial charge in [-0.05, 0) is 0 Å². The number of carbonyl (C=O) groups is 1. The van der Waals surface area contributed by atoms with Crippen molar-refractivity contribution in [2.24, 2.45) is 0 Å². The Morgan fingerprint density at radius 1 is 1.60 bits per heavy atom. The highest BCUT2D eigenvalue weighted by atomic mass is 19.3. The lowest BCUT2D eigenvalue weighted by atomic mass is 10.4. The van der Waals surface area contributed by atoms with E-state index < -0.39 is 18.5 Å². The fraction of sp³-hybridized carbons (Fsp3) is 0.833. The van der Waals surface area contributed by atoms with E-state index in [-0.39, 0.29) is 6.42 Å². The summed E-state index contributed by atoms with van der Waals surface area (Å²) in [5.41, 5.74) is 0. The number of hydrogen-bond donors (Lipinski definition) is 0. The molecule has 0 heterocycles. The predicted molar refractivity (Wildman–Crippen MR) is 31.9 cm³/mol. The van der Waals surface area contributed by atoms with Crippen LogP contribution in [0.4, 0.5) is 8.78 Å². The molecular formula is C6H10F2O2. The topological polar surface area (TPSA) is 26.3 Å². The van der Waals surface area contributed by atoms with Gasteiger partial charge in [-0.2, -0.15) is 0 Å². The van der Waals surface area contributed by atoms with E-state index in [2.05, 4.69) is 4.74 Å². The van der Waals surface area contributed by atoms with E-state index in [0.29, 0.717) is 6.92 Å². The summed E-state index contributed by atoms with van der Waals surface area (Å²) in [5, 5.41) is 0. The Labute approximate surface area is 58.2 Å². The van der Waals surface area contributed by atoms with E-state index in [1.54, 1.807) is 6.92 Å². The molecule has 0 saturated heterocycles. The molecule has 0 bridgehead atoms. The van der Waals surface area contributed by atoms with Gasteiger partial charge in [-0.1, -0.05) is 6.92 Å². The summed E-state index contributed by atoms with van der Waals surface area (Å²) >= 11 is 0. The van der Waals surface area contributed by atoms with Crippen molar-refractivity contribution in [2.45, 2.75) is 26.2 Å². The molecule has 10 heavy (non-hydrogen) atoms. The average molecular weight is 152 g/mol. The number of halogens is 2. The molecular weight excluding hydrogens is 142 g/mol. The Hall–Kier alpha value is -0.670. The molecule has 0 aliphatic heterocycles. The minimum atomic E-state index is -2.91. The molecule has 0 aliphatic rings. The van der Waals surface area contributed by atoms with Gasteiger partial charge in [0, 0.05) is 13.3 Å². The van der Waals surface area contributed by atoms with Crippen LogP contribution in [0.2, 0.25) is 0 Å². The van der Waals surface area contributed by atoms with Crippen molar-refractivity contribution in [3.8, 4) is 0 Å². The molecule has 60 valence electrons. The second-order valence-corrected chi connectivity index (χ2v) is 2.08. The van der Waals surface area contributed by atoms with Gasteiger partial charge in [0.25, 0.3) is 5.92 Å². The molecule has 0 aliphatic carbocycles. The van der Waals surface area contributed by atoms with Crippen LogP contribution >= 0.6 is 0 Å². The summed E-state index contributed by atoms with van der Waals surface area (Å²) < 4.78 is 28.1. The monoisotopic (exact) mass is 152 g/mol. The Morgan fingerprint density at radius 3 is 2.40 bits per heavy atom. The second-order valence-electron chi connectivity index (χ2n) is 2.08. The minimum absolute atomic E-state index is 0.135. The second kappa shape index (κ2) is 3.49. The summed E-state index contributed by atoms with van der Waals surface area (Å²) in [6, 6.07) is 0. The van der Waals surface area contributed by atoms with E-state index in [1.807, 2.05) is 0 Å². The van der Waals surface area contributed by atoms with Crippen molar-refractivity contribution < 1.29 is 18.3 Å². The predicted octanol–water partition coefficient (Wildman–Crippen LogP) is 1.59. The largest absolute Gasteiger partial charge is 0.459 e. The fourth-order valence-corrected chi connectivity index (χ4v) is 0.309. The molecule has 0 atom stereocenters. The van der Waals surface area contributed by atoms with Crippen molar-refractivity contribution in [3.63, 3.8) is 0 Å². The smallest absolute Gasteiger partial charge is 0.305 e. The number of ether oxygens (including phenoxy) is 1. The number of rotatable bonds is 3. The number of hydrogen-bond acceptors (Lipinski definition) is 2. The third-order valence-electron chi connectivity index (χ3n) is 0.775. The van der Waals surface area contributed by atoms with Crippen molar-refractivity contribution >= 4 is 5.97 Å². The van der Waals surface area contributed by atoms with Crippen molar-refractivity contribution in [2.75, 3.05) is 6.61 Å². The third kappa shape index (κ3) is 5.47. The quantitative estimate of drug-likeness (QED) is 0.574. The molecule has 0 aromatic heterocycles. The Morgan fingerprint density at radius 2 is 2.10 bits per heavy atom. The van der Waals surface area contributed by atoms with Crippen LogP contribution in [0.3, 0.4) is 0 Å². The van der Waals surface area contributed by atoms with Gasteiger partial charge in [0.05, 0.1) is 0 Å². The summed E-state index contributed by atoms with van der Waals surface area (Å²) in [4.78, 5) is 10.3. The average Bonchev–Trinajstić information content (AvgIpc) is 1.81. The highest BCUT2D eigenvalue weighted by molar-refractivity contribution is 5.68. The lowest BCUT2D eigenvalue weighted by Crippen LogP contribution is -2.21. The molecule has 0 spiro atoms. The van der Waals surface area contributed by atoms with Crippen LogP contribution in [0.15, 0.2) is 0 Å². The highest BCUT2D eigenvalue weighted by Crippen LogP contribution is 2.11. The molecule has 0 N–H and O–H groups in total. The maximum atomic E-state index is 11.9. The SMILES string of the molecule is CCC(=O)OCC(C)(F)F. The molecule has 0 unspecified atom stereocenters. The molecule has 0 saturated carbocycles. The normalized spacial score (nSPS) is 11.2. The number of carbonyl (C=O) groups excluding carboxylic acids is 1. The molecule has 0 aromatic carbocycles. The Kier molecular flexibility index (Phi) is 3.25. The van der Waals surface area contributed by atoms with Crippen LogP contribution in [0.25, 0.3) is 0 Å². The molecule has 0 fully saturated rings. The van der Waals surface area contributed by atoms with Gasteiger partial charge in [-0.25, -0.2) is 8.78 Å². The first kappa shape index (κ1) is 9.33. The molecule has 4 heteroatoms. The van der Waals surface area contributed by atoms with Gasteiger partial charge < -0.3 is 4.74 Å². The van der Waals surface area contributed by atoms with Gasteiger partial charge >= 0.3 is 5.97 Å². The zero-order chi connectivity index (χ0) is 8.20. The van der Waals surface area contributed by atoms with Crippen molar-refractivity contribution in [1.82, 2.24) is 0 Å². The van der Waals surface area contributed by atoms with Crippen LogP contribution in [-0.4, -0.2) is 18.5 Å². The number of esters is 1. The maximum Gasteiger partial charge on any atom is 0.305 e. The third-order valence-corrected chi connectivity index (χ3v) is 0.775. The van der Waals surface area contributed by atoms with Crippen LogP contribution in [0, 0.1) is 0 Å². The maximum absolute atomic E-state index is 11.9. The first-order chi connectivity index (χ1) is 4.45. The standard InChI is InChI=1S/C6H10F2O2/c1-3-5(9)10-4-6(2,7)8/h3-4H2,1-2H3. The van der Waals surface area contributed by atoms with Crippen LogP contribution in [-0.2, 0) is 9.53 Å². The lowest BCUT2D eigenvalue weighted by Gasteiger charge is -2.09. The van der Waals surface area contributed by atoms with Gasteiger partial charge in [0.2, 0.25) is 0 Å². The van der Waals surface area contributed by atoms with E-state index in [1.165, 1.54) is 0 Å². The zero-order valence-electron chi connectivity index (χ0n) is 5.99. The van der Waals surface area contributed by atoms with E-state index in [9.17, 15) is 13.6 Å². The number of alkyl halides is 2. The van der Waals surface area contributed by atoms with E-state index in [0.717, 1.165) is 0 Å². The zero-order valence-corrected chi connectivity index (χ0v) is 5.99. The summed E-state index contributed by atoms with van der Waals surface area (Å²) in [6.45, 7) is 1.44. The summed E-state index contributed by atoms with van der Waals surface area (Å²) in [6.07, 6.45) is 0.135. The Bertz CT molecular complexity index is 117. The summed E-state index contributed by atoms with van der Waals surface area (Å²) in [5.74, 6) is -3.51. The molecule has 2 nitrogen and oxygen atoms in total. The highest BCUT2D eigenvalue weighted by Gasteiger charge is 2.22. The fourth-order valence-electron chi connectivity index (χ4n) is 0.309. The van der Waals surface area contributed by atoms with E-state index in [4.69, 9.17) is 0 Å². The van der Waals surface area contributed by atoms with Crippen LogP contribution < -0.4 is 0 Å². The minimum Gasteiger partial charge on any atom is -0.459 e. The van der Waals surface area contributed by atoms with Crippen LogP contribution in [0.5, 0.6) is 0 Å². The molecule has 0 amide bonds. The first-order valence-corrected chi connectivity index (χ1v) is 2.99. The van der Waals surface area contributed by atoms with Crippen molar-refractivity contribution in [3.05, 3.63) is 0 Å². The molecule has 0 aromatic rings. The summed E-state index contributed by atoms with van der Waals surface area (Å²) in [7, 11) is 0. The van der Waals surface area contributed by atoms with Crippen LogP contribution in [0.1, 0.15) is 20.3 Å². The van der Waals surface area contributed by atoms with Gasteiger partial charge in [-0.15, -0.1) is 0 Å². The van der Waals surface area contributed by atoms with E-state index >= 15 is 0 Å². The van der Waals surface area contributed by atoms with Crippen molar-refractivity contribution in [1.29, 1.82) is 0 Å². The molecule has 0 radical (unpaired) electrons. The van der Waals surface area contributed by atoms with Gasteiger partial charge in [-0.3, -0.25) is 4.79 Å².